The van der Waals surface area contributed by atoms with Crippen LogP contribution in [0.4, 0.5) is 5.69 Å². The fraction of sp³-hybridized carbons (Fsp3) is 0.350. The van der Waals surface area contributed by atoms with Crippen LogP contribution in [-0.2, 0) is 16.1 Å². The first kappa shape index (κ1) is 22.2. The highest BCUT2D eigenvalue weighted by atomic mass is 79.9. The maximum absolute atomic E-state index is 12.0. The molecular weight excluding hydrogens is 444 g/mol. The molecule has 1 heterocycles. The molecule has 2 rings (SSSR count). The zero-order valence-corrected chi connectivity index (χ0v) is 18.5. The Bertz CT molecular complexity index is 893. The first-order chi connectivity index (χ1) is 13.3. The van der Waals surface area contributed by atoms with E-state index in [-0.39, 0.29) is 18.4 Å². The minimum Gasteiger partial charge on any atom is -0.343 e. The van der Waals surface area contributed by atoms with Gasteiger partial charge >= 0.3 is 0 Å². The van der Waals surface area contributed by atoms with Gasteiger partial charge in [-0.05, 0) is 50.1 Å². The van der Waals surface area contributed by atoms with Crippen molar-refractivity contribution in [1.29, 1.82) is 0 Å². The van der Waals surface area contributed by atoms with E-state index in [1.54, 1.807) is 16.8 Å². The Kier molecular flexibility index (Phi) is 8.26. The summed E-state index contributed by atoms with van der Waals surface area (Å²) in [5.41, 5.74) is 3.11. The van der Waals surface area contributed by atoms with Crippen LogP contribution >= 0.6 is 27.5 Å². The topological polar surface area (TPSA) is 76.0 Å². The van der Waals surface area contributed by atoms with Crippen molar-refractivity contribution in [3.63, 3.8) is 0 Å². The Balaban J connectivity index is 1.90. The number of benzene rings is 1. The highest BCUT2D eigenvalue weighted by molar-refractivity contribution is 9.10. The third kappa shape index (κ3) is 6.21. The van der Waals surface area contributed by atoms with Crippen LogP contribution in [0.25, 0.3) is 6.08 Å². The second kappa shape index (κ2) is 10.4. The number of unbranched alkanes of at least 4 members (excludes halogenated alkanes) is 1. The Morgan fingerprint density at radius 1 is 1.32 bits per heavy atom. The number of hydrogen-bond acceptors (Lipinski definition) is 3. The lowest BCUT2D eigenvalue weighted by molar-refractivity contribution is -0.121. The Labute approximate surface area is 178 Å². The van der Waals surface area contributed by atoms with Crippen LogP contribution in [0.5, 0.6) is 0 Å². The molecule has 6 nitrogen and oxygen atoms in total. The van der Waals surface area contributed by atoms with Gasteiger partial charge in [-0.2, -0.15) is 5.10 Å². The smallest absolute Gasteiger partial charge is 0.244 e. The van der Waals surface area contributed by atoms with Gasteiger partial charge in [-0.25, -0.2) is 0 Å². The molecule has 2 N–H and O–H groups in total. The summed E-state index contributed by atoms with van der Waals surface area (Å²) >= 11 is 9.72. The zero-order valence-electron chi connectivity index (χ0n) is 16.2. The molecule has 0 radical (unpaired) electrons. The maximum Gasteiger partial charge on any atom is 0.244 e. The van der Waals surface area contributed by atoms with Crippen molar-refractivity contribution < 1.29 is 9.59 Å². The highest BCUT2D eigenvalue weighted by Crippen LogP contribution is 2.22. The largest absolute Gasteiger partial charge is 0.343 e. The van der Waals surface area contributed by atoms with E-state index in [2.05, 4.69) is 38.6 Å². The van der Waals surface area contributed by atoms with Crippen molar-refractivity contribution in [3.05, 3.63) is 50.7 Å². The standard InChI is InChI=1S/C20H24BrClN4O2/c1-4-5-10-26-20(22)16(14(3)25-26)7-9-18(27)23-12-19(28)24-17-8-6-15(21)11-13(17)2/h6-9,11H,4-5,10,12H2,1-3H3,(H,23,27)(H,24,28)/b9-7+. The Morgan fingerprint density at radius 2 is 2.07 bits per heavy atom. The first-order valence-corrected chi connectivity index (χ1v) is 10.2. The molecule has 0 aliphatic carbocycles. The summed E-state index contributed by atoms with van der Waals surface area (Å²) < 4.78 is 2.68. The number of rotatable bonds is 8. The van der Waals surface area contributed by atoms with E-state index in [1.807, 2.05) is 26.0 Å². The predicted molar refractivity (Wildman–Crippen MR) is 116 cm³/mol. The van der Waals surface area contributed by atoms with Gasteiger partial charge in [-0.1, -0.05) is 40.9 Å². The lowest BCUT2D eigenvalue weighted by atomic mass is 10.2. The molecule has 0 fully saturated rings. The summed E-state index contributed by atoms with van der Waals surface area (Å²) in [4.78, 5) is 24.1. The molecule has 8 heteroatoms. The lowest BCUT2D eigenvalue weighted by Gasteiger charge is -2.09. The zero-order chi connectivity index (χ0) is 20.7. The normalized spacial score (nSPS) is 11.0. The summed E-state index contributed by atoms with van der Waals surface area (Å²) in [7, 11) is 0. The van der Waals surface area contributed by atoms with Crippen molar-refractivity contribution in [1.82, 2.24) is 15.1 Å². The third-order valence-corrected chi connectivity index (χ3v) is 5.01. The maximum atomic E-state index is 12.0. The summed E-state index contributed by atoms with van der Waals surface area (Å²) in [6, 6.07) is 5.56. The number of halogens is 2. The number of hydrogen-bond donors (Lipinski definition) is 2. The number of nitrogens with one attached hydrogen (secondary N) is 2. The summed E-state index contributed by atoms with van der Waals surface area (Å²) in [5.74, 6) is -0.673. The minimum absolute atomic E-state index is 0.124. The van der Waals surface area contributed by atoms with Gasteiger partial charge in [-0.15, -0.1) is 0 Å². The fourth-order valence-corrected chi connectivity index (χ4v) is 3.36. The van der Waals surface area contributed by atoms with E-state index in [0.717, 1.165) is 35.1 Å². The summed E-state index contributed by atoms with van der Waals surface area (Å²) in [5, 5.41) is 10.2. The van der Waals surface area contributed by atoms with E-state index in [1.165, 1.54) is 6.08 Å². The predicted octanol–water partition coefficient (Wildman–Crippen LogP) is 4.48. The molecule has 0 unspecified atom stereocenters. The van der Waals surface area contributed by atoms with E-state index >= 15 is 0 Å². The molecule has 0 saturated heterocycles. The molecule has 2 amide bonds. The molecule has 0 bridgehead atoms. The van der Waals surface area contributed by atoms with E-state index < -0.39 is 0 Å². The van der Waals surface area contributed by atoms with Gasteiger partial charge in [0.25, 0.3) is 0 Å². The second-order valence-corrected chi connectivity index (χ2v) is 7.70. The van der Waals surface area contributed by atoms with Gasteiger partial charge in [0.05, 0.1) is 12.2 Å². The minimum atomic E-state index is -0.376. The van der Waals surface area contributed by atoms with Crippen LogP contribution in [0.3, 0.4) is 0 Å². The molecule has 28 heavy (non-hydrogen) atoms. The quantitative estimate of drug-likeness (QED) is 0.562. The lowest BCUT2D eigenvalue weighted by Crippen LogP contribution is -2.31. The number of nitrogens with zero attached hydrogens (tertiary/aromatic N) is 2. The molecule has 2 aromatic rings. The third-order valence-electron chi connectivity index (χ3n) is 4.12. The Morgan fingerprint density at radius 3 is 2.75 bits per heavy atom. The van der Waals surface area contributed by atoms with Crippen molar-refractivity contribution in [3.8, 4) is 0 Å². The van der Waals surface area contributed by atoms with Gasteiger partial charge in [0.1, 0.15) is 5.15 Å². The first-order valence-electron chi connectivity index (χ1n) is 9.06. The number of carbonyl (C=O) groups is 2. The number of aryl methyl sites for hydroxylation is 3. The van der Waals surface area contributed by atoms with Crippen molar-refractivity contribution in [2.45, 2.75) is 40.2 Å². The second-order valence-electron chi connectivity index (χ2n) is 6.43. The van der Waals surface area contributed by atoms with Gasteiger partial charge in [0.15, 0.2) is 0 Å². The van der Waals surface area contributed by atoms with Gasteiger partial charge in [0.2, 0.25) is 11.8 Å². The number of aromatic nitrogens is 2. The van der Waals surface area contributed by atoms with Crippen molar-refractivity contribution in [2.75, 3.05) is 11.9 Å². The number of carbonyl (C=O) groups excluding carboxylic acids is 2. The van der Waals surface area contributed by atoms with Crippen molar-refractivity contribution in [2.24, 2.45) is 0 Å². The summed E-state index contributed by atoms with van der Waals surface area (Å²) in [6.07, 6.45) is 5.01. The van der Waals surface area contributed by atoms with Crippen LogP contribution in [-0.4, -0.2) is 28.1 Å². The molecule has 1 aromatic carbocycles. The monoisotopic (exact) mass is 466 g/mol. The molecular formula is C20H24BrClN4O2. The molecule has 0 aliphatic heterocycles. The van der Waals surface area contributed by atoms with Crippen LogP contribution in [0.2, 0.25) is 5.15 Å². The SMILES string of the molecule is CCCCn1nc(C)c(/C=C/C(=O)NCC(=O)Nc2ccc(Br)cc2C)c1Cl. The van der Waals surface area contributed by atoms with E-state index in [0.29, 0.717) is 16.4 Å². The molecule has 1 aromatic heterocycles. The Hall–Kier alpha value is -2.12. The van der Waals surface area contributed by atoms with Crippen LogP contribution in [0, 0.1) is 13.8 Å². The van der Waals surface area contributed by atoms with Crippen molar-refractivity contribution >= 4 is 51.1 Å². The number of amides is 2. The molecule has 150 valence electrons. The van der Waals surface area contributed by atoms with Crippen LogP contribution < -0.4 is 10.6 Å². The number of anilines is 1. The van der Waals surface area contributed by atoms with Crippen LogP contribution in [0.15, 0.2) is 28.7 Å². The van der Waals surface area contributed by atoms with Crippen LogP contribution in [0.1, 0.15) is 36.6 Å². The van der Waals surface area contributed by atoms with Gasteiger partial charge in [0, 0.05) is 28.3 Å². The van der Waals surface area contributed by atoms with E-state index in [4.69, 9.17) is 11.6 Å². The fourth-order valence-electron chi connectivity index (χ4n) is 2.56. The average molecular weight is 468 g/mol. The summed E-state index contributed by atoms with van der Waals surface area (Å²) in [6.45, 7) is 6.46. The van der Waals surface area contributed by atoms with E-state index in [9.17, 15) is 9.59 Å². The molecule has 0 atom stereocenters. The van der Waals surface area contributed by atoms with Gasteiger partial charge < -0.3 is 10.6 Å². The van der Waals surface area contributed by atoms with Gasteiger partial charge in [-0.3, -0.25) is 14.3 Å². The molecule has 0 spiro atoms. The highest BCUT2D eigenvalue weighted by Gasteiger charge is 2.11. The average Bonchev–Trinajstić information content (AvgIpc) is 2.92. The molecule has 0 saturated carbocycles. The molecule has 0 aliphatic rings.